The lowest BCUT2D eigenvalue weighted by atomic mass is 9.89. The molecule has 138 valence electrons. The van der Waals surface area contributed by atoms with Crippen molar-refractivity contribution in [1.82, 2.24) is 15.3 Å². The molecule has 0 spiro atoms. The first-order chi connectivity index (χ1) is 12.7. The van der Waals surface area contributed by atoms with E-state index >= 15 is 0 Å². The van der Waals surface area contributed by atoms with Crippen molar-refractivity contribution in [2.45, 2.75) is 38.5 Å². The van der Waals surface area contributed by atoms with Crippen molar-refractivity contribution in [3.05, 3.63) is 35.0 Å². The highest BCUT2D eigenvalue weighted by atomic mass is 16.5. The van der Waals surface area contributed by atoms with Gasteiger partial charge in [-0.15, -0.1) is 0 Å². The van der Waals surface area contributed by atoms with Crippen molar-refractivity contribution >= 4 is 17.5 Å². The number of hydrogen-bond acceptors (Lipinski definition) is 6. The van der Waals surface area contributed by atoms with Gasteiger partial charge in [-0.2, -0.15) is 4.98 Å². The minimum atomic E-state index is 0.546. The summed E-state index contributed by atoms with van der Waals surface area (Å²) in [6.07, 6.45) is 4.55. The van der Waals surface area contributed by atoms with E-state index < -0.39 is 0 Å². The molecule has 3 N–H and O–H groups in total. The highest BCUT2D eigenvalue weighted by molar-refractivity contribution is 5.63. The second-order valence-corrected chi connectivity index (χ2v) is 7.12. The minimum absolute atomic E-state index is 0.546. The Morgan fingerprint density at radius 2 is 2.08 bits per heavy atom. The number of aryl methyl sites for hydroxylation is 1. The molecule has 2 aliphatic heterocycles. The molecule has 1 aromatic carbocycles. The van der Waals surface area contributed by atoms with Gasteiger partial charge in [-0.1, -0.05) is 0 Å². The third kappa shape index (κ3) is 3.60. The molecule has 4 rings (SSSR count). The van der Waals surface area contributed by atoms with Crippen LogP contribution in [0, 0.1) is 6.92 Å². The van der Waals surface area contributed by atoms with Crippen LogP contribution < -0.4 is 20.7 Å². The first-order valence-electron chi connectivity index (χ1n) is 9.54. The first-order valence-corrected chi connectivity index (χ1v) is 9.54. The van der Waals surface area contributed by atoms with E-state index in [1.807, 2.05) is 20.0 Å². The molecule has 2 aliphatic rings. The van der Waals surface area contributed by atoms with Gasteiger partial charge in [0.05, 0.1) is 6.61 Å². The zero-order chi connectivity index (χ0) is 17.9. The van der Waals surface area contributed by atoms with E-state index in [-0.39, 0.29) is 0 Å². The van der Waals surface area contributed by atoms with E-state index in [1.54, 1.807) is 0 Å². The standard InChI is InChI=1S/C20H27N5O/c1-13-10-18(21-2)25-20(23-13)24-16-11-15-6-9-26-19(15)17(12-16)14-4-3-7-22-8-5-14/h10-12,14,22H,3-9H2,1-2H3,(H2,21,23,24,25). The third-order valence-corrected chi connectivity index (χ3v) is 5.19. The van der Waals surface area contributed by atoms with Crippen molar-refractivity contribution in [1.29, 1.82) is 0 Å². The van der Waals surface area contributed by atoms with Crippen molar-refractivity contribution in [2.75, 3.05) is 37.4 Å². The number of aromatic nitrogens is 2. The van der Waals surface area contributed by atoms with Crippen molar-refractivity contribution in [3.8, 4) is 5.75 Å². The molecule has 26 heavy (non-hydrogen) atoms. The average Bonchev–Trinajstić information content (AvgIpc) is 2.93. The molecule has 0 radical (unpaired) electrons. The van der Waals surface area contributed by atoms with Gasteiger partial charge in [-0.3, -0.25) is 0 Å². The number of rotatable bonds is 4. The summed E-state index contributed by atoms with van der Waals surface area (Å²) in [5, 5.41) is 10.0. The quantitative estimate of drug-likeness (QED) is 0.783. The van der Waals surface area contributed by atoms with Crippen LogP contribution in [0.25, 0.3) is 0 Å². The van der Waals surface area contributed by atoms with Gasteiger partial charge in [-0.25, -0.2) is 4.98 Å². The van der Waals surface area contributed by atoms with Gasteiger partial charge in [0.25, 0.3) is 0 Å². The summed E-state index contributed by atoms with van der Waals surface area (Å²) in [5.41, 5.74) is 4.62. The number of fused-ring (bicyclic) bond motifs is 1. The molecule has 0 saturated carbocycles. The Balaban J connectivity index is 1.66. The number of hydrogen-bond donors (Lipinski definition) is 3. The van der Waals surface area contributed by atoms with Gasteiger partial charge in [0, 0.05) is 30.9 Å². The lowest BCUT2D eigenvalue weighted by molar-refractivity contribution is 0.350. The Hall–Kier alpha value is -2.34. The van der Waals surface area contributed by atoms with Crippen molar-refractivity contribution < 1.29 is 4.74 Å². The van der Waals surface area contributed by atoms with Crippen LogP contribution in [-0.4, -0.2) is 36.7 Å². The number of ether oxygens (including phenoxy) is 1. The monoisotopic (exact) mass is 353 g/mol. The summed E-state index contributed by atoms with van der Waals surface area (Å²) in [7, 11) is 1.87. The van der Waals surface area contributed by atoms with Crippen LogP contribution in [-0.2, 0) is 6.42 Å². The molecule has 6 nitrogen and oxygen atoms in total. The molecule has 2 aromatic rings. The summed E-state index contributed by atoms with van der Waals surface area (Å²) in [6, 6.07) is 6.36. The zero-order valence-corrected chi connectivity index (χ0v) is 15.6. The maximum Gasteiger partial charge on any atom is 0.229 e. The van der Waals surface area contributed by atoms with Crippen molar-refractivity contribution in [3.63, 3.8) is 0 Å². The summed E-state index contributed by atoms with van der Waals surface area (Å²) in [4.78, 5) is 9.05. The van der Waals surface area contributed by atoms with E-state index in [1.165, 1.54) is 24.0 Å². The fraction of sp³-hybridized carbons (Fsp3) is 0.500. The Bertz CT molecular complexity index is 784. The van der Waals surface area contributed by atoms with Gasteiger partial charge in [0.2, 0.25) is 5.95 Å². The summed E-state index contributed by atoms with van der Waals surface area (Å²) in [6.45, 7) is 4.95. The Morgan fingerprint density at radius 3 is 2.96 bits per heavy atom. The number of anilines is 3. The van der Waals surface area contributed by atoms with Gasteiger partial charge in [0.15, 0.2) is 0 Å². The fourth-order valence-electron chi connectivity index (χ4n) is 3.93. The normalized spacial score (nSPS) is 19.4. The highest BCUT2D eigenvalue weighted by Gasteiger charge is 2.24. The molecule has 1 atom stereocenters. The predicted molar refractivity (Wildman–Crippen MR) is 105 cm³/mol. The van der Waals surface area contributed by atoms with Crippen LogP contribution in [0.3, 0.4) is 0 Å². The SMILES string of the molecule is CNc1cc(C)nc(Nc2cc3c(c(C4CCCNCC4)c2)OCC3)n1. The summed E-state index contributed by atoms with van der Waals surface area (Å²) in [5.74, 6) is 3.11. The molecule has 1 saturated heterocycles. The number of benzene rings is 1. The molecular weight excluding hydrogens is 326 g/mol. The second-order valence-electron chi connectivity index (χ2n) is 7.12. The Labute approximate surface area is 154 Å². The lowest BCUT2D eigenvalue weighted by Crippen LogP contribution is -2.14. The van der Waals surface area contributed by atoms with Crippen LogP contribution in [0.4, 0.5) is 17.5 Å². The van der Waals surface area contributed by atoms with Crippen LogP contribution in [0.15, 0.2) is 18.2 Å². The molecule has 1 fully saturated rings. The van der Waals surface area contributed by atoms with Crippen LogP contribution in [0.2, 0.25) is 0 Å². The smallest absolute Gasteiger partial charge is 0.229 e. The molecule has 6 heteroatoms. The van der Waals surface area contributed by atoms with E-state index in [2.05, 4.69) is 38.1 Å². The zero-order valence-electron chi connectivity index (χ0n) is 15.6. The van der Waals surface area contributed by atoms with Crippen LogP contribution in [0.5, 0.6) is 5.75 Å². The van der Waals surface area contributed by atoms with Gasteiger partial charge >= 0.3 is 0 Å². The fourth-order valence-corrected chi connectivity index (χ4v) is 3.93. The average molecular weight is 353 g/mol. The maximum absolute atomic E-state index is 6.00. The Kier molecular flexibility index (Phi) is 4.93. The molecule has 0 bridgehead atoms. The number of nitrogens with zero attached hydrogens (tertiary/aromatic N) is 2. The van der Waals surface area contributed by atoms with Gasteiger partial charge in [-0.05, 0) is 68.5 Å². The maximum atomic E-state index is 6.00. The lowest BCUT2D eigenvalue weighted by Gasteiger charge is -2.19. The largest absolute Gasteiger partial charge is 0.493 e. The minimum Gasteiger partial charge on any atom is -0.493 e. The van der Waals surface area contributed by atoms with E-state index in [9.17, 15) is 0 Å². The topological polar surface area (TPSA) is 71.1 Å². The molecule has 0 amide bonds. The molecule has 3 heterocycles. The van der Waals surface area contributed by atoms with E-state index in [0.717, 1.165) is 55.5 Å². The van der Waals surface area contributed by atoms with Crippen molar-refractivity contribution in [2.24, 2.45) is 0 Å². The third-order valence-electron chi connectivity index (χ3n) is 5.19. The van der Waals surface area contributed by atoms with Gasteiger partial charge < -0.3 is 20.7 Å². The van der Waals surface area contributed by atoms with Crippen LogP contribution in [0.1, 0.15) is 42.0 Å². The van der Waals surface area contributed by atoms with E-state index in [4.69, 9.17) is 4.74 Å². The molecule has 1 aromatic heterocycles. The Morgan fingerprint density at radius 1 is 1.15 bits per heavy atom. The first kappa shape index (κ1) is 17.1. The second kappa shape index (κ2) is 7.50. The van der Waals surface area contributed by atoms with E-state index in [0.29, 0.717) is 11.9 Å². The highest BCUT2D eigenvalue weighted by Crippen LogP contribution is 2.40. The predicted octanol–water partition coefficient (Wildman–Crippen LogP) is 3.36. The van der Waals surface area contributed by atoms with Crippen LogP contribution >= 0.6 is 0 Å². The summed E-state index contributed by atoms with van der Waals surface area (Å²) >= 11 is 0. The molecule has 0 aliphatic carbocycles. The number of nitrogens with one attached hydrogen (secondary N) is 3. The van der Waals surface area contributed by atoms with Gasteiger partial charge in [0.1, 0.15) is 11.6 Å². The molecule has 1 unspecified atom stereocenters. The summed E-state index contributed by atoms with van der Waals surface area (Å²) < 4.78 is 6.00. The molecular formula is C20H27N5O.